The second-order valence-electron chi connectivity index (χ2n) is 5.98. The van der Waals surface area contributed by atoms with Gasteiger partial charge in [-0.3, -0.25) is 14.5 Å². The molecule has 0 aromatic carbocycles. The van der Waals surface area contributed by atoms with Crippen LogP contribution in [0.3, 0.4) is 0 Å². The number of amides is 2. The average Bonchev–Trinajstić information content (AvgIpc) is 2.56. The first-order valence-electron chi connectivity index (χ1n) is 8.88. The smallest absolute Gasteiger partial charge is 0.329 e. The van der Waals surface area contributed by atoms with Gasteiger partial charge in [-0.2, -0.15) is 0 Å². The fourth-order valence-electron chi connectivity index (χ4n) is 2.56. The Kier molecular flexibility index (Phi) is 13.1. The normalized spacial score (nSPS) is 12.0. The Morgan fingerprint density at radius 1 is 0.917 bits per heavy atom. The Hall–Kier alpha value is -1.47. The highest BCUT2D eigenvalue weighted by atomic mass is 16.4. The van der Waals surface area contributed by atoms with E-state index in [0.717, 1.165) is 19.3 Å². The third-order valence-corrected chi connectivity index (χ3v) is 3.98. The number of carbonyl (C=O) groups is 3. The lowest BCUT2D eigenvalue weighted by atomic mass is 10.1. The zero-order chi connectivity index (χ0) is 18.4. The number of nitrogens with two attached hydrogens (primary N) is 1. The molecule has 140 valence electrons. The predicted molar refractivity (Wildman–Crippen MR) is 91.3 cm³/mol. The van der Waals surface area contributed by atoms with Crippen LogP contribution in [-0.2, 0) is 14.4 Å². The molecule has 2 amide bonds. The van der Waals surface area contributed by atoms with Crippen molar-refractivity contribution in [3.8, 4) is 0 Å². The molecule has 1 unspecified atom stereocenters. The predicted octanol–water partition coefficient (Wildman–Crippen LogP) is 1.67. The highest BCUT2D eigenvalue weighted by Crippen LogP contribution is 2.12. The molecule has 0 rings (SSSR count). The SMILES string of the molecule is CCCCCCCCCCCC(=O)N(C(=O)CN)C(CO)C(=O)O. The van der Waals surface area contributed by atoms with Crippen LogP contribution in [0.15, 0.2) is 0 Å². The van der Waals surface area contributed by atoms with Crippen molar-refractivity contribution in [2.75, 3.05) is 13.2 Å². The first-order chi connectivity index (χ1) is 11.5. The molecule has 0 saturated heterocycles. The fraction of sp³-hybridized carbons (Fsp3) is 0.824. The topological polar surface area (TPSA) is 121 Å². The van der Waals surface area contributed by atoms with Crippen molar-refractivity contribution < 1.29 is 24.6 Å². The molecule has 0 aliphatic heterocycles. The fourth-order valence-corrected chi connectivity index (χ4v) is 2.56. The van der Waals surface area contributed by atoms with Crippen molar-refractivity contribution in [3.05, 3.63) is 0 Å². The van der Waals surface area contributed by atoms with Gasteiger partial charge < -0.3 is 15.9 Å². The van der Waals surface area contributed by atoms with Gasteiger partial charge in [-0.05, 0) is 6.42 Å². The van der Waals surface area contributed by atoms with E-state index in [1.54, 1.807) is 0 Å². The summed E-state index contributed by atoms with van der Waals surface area (Å²) in [6.07, 6.45) is 9.89. The lowest BCUT2D eigenvalue weighted by molar-refractivity contribution is -0.159. The maximum Gasteiger partial charge on any atom is 0.329 e. The second kappa shape index (κ2) is 13.9. The van der Waals surface area contributed by atoms with Crippen LogP contribution >= 0.6 is 0 Å². The molecule has 7 nitrogen and oxygen atoms in total. The minimum atomic E-state index is -1.56. The average molecular weight is 344 g/mol. The van der Waals surface area contributed by atoms with Crippen LogP contribution in [0.1, 0.15) is 71.1 Å². The van der Waals surface area contributed by atoms with Gasteiger partial charge in [0.15, 0.2) is 6.04 Å². The number of aliphatic carboxylic acids is 1. The van der Waals surface area contributed by atoms with Gasteiger partial charge in [0.2, 0.25) is 11.8 Å². The molecule has 4 N–H and O–H groups in total. The Labute approximate surface area is 144 Å². The van der Waals surface area contributed by atoms with Crippen LogP contribution in [0, 0.1) is 0 Å². The summed E-state index contributed by atoms with van der Waals surface area (Å²) in [7, 11) is 0. The molecule has 0 aliphatic rings. The summed E-state index contributed by atoms with van der Waals surface area (Å²) < 4.78 is 0. The number of aliphatic hydroxyl groups is 1. The molecule has 7 heteroatoms. The number of carboxylic acid groups (broad SMARTS) is 1. The molecule has 0 aromatic rings. The third kappa shape index (κ3) is 8.98. The monoisotopic (exact) mass is 344 g/mol. The summed E-state index contributed by atoms with van der Waals surface area (Å²) in [4.78, 5) is 35.5. The molecule has 0 radical (unpaired) electrons. The summed E-state index contributed by atoms with van der Waals surface area (Å²) in [6, 6.07) is -1.56. The zero-order valence-electron chi connectivity index (χ0n) is 14.7. The summed E-state index contributed by atoms with van der Waals surface area (Å²) in [5, 5.41) is 18.1. The zero-order valence-corrected chi connectivity index (χ0v) is 14.7. The van der Waals surface area contributed by atoms with Crippen molar-refractivity contribution in [3.63, 3.8) is 0 Å². The Morgan fingerprint density at radius 3 is 1.83 bits per heavy atom. The van der Waals surface area contributed by atoms with Crippen LogP contribution in [0.5, 0.6) is 0 Å². The summed E-state index contributed by atoms with van der Waals surface area (Å²) in [5.41, 5.74) is 5.23. The quantitative estimate of drug-likeness (QED) is 0.412. The van der Waals surface area contributed by atoms with Crippen LogP contribution < -0.4 is 5.73 Å². The number of carboxylic acids is 1. The molecule has 0 saturated carbocycles. The first-order valence-corrected chi connectivity index (χ1v) is 8.88. The van der Waals surface area contributed by atoms with E-state index in [-0.39, 0.29) is 6.42 Å². The minimum Gasteiger partial charge on any atom is -0.480 e. The largest absolute Gasteiger partial charge is 0.480 e. The van der Waals surface area contributed by atoms with E-state index < -0.39 is 37.0 Å². The van der Waals surface area contributed by atoms with Gasteiger partial charge in [-0.15, -0.1) is 0 Å². The number of carbonyl (C=O) groups excluding carboxylic acids is 2. The van der Waals surface area contributed by atoms with Crippen molar-refractivity contribution >= 4 is 17.8 Å². The van der Waals surface area contributed by atoms with E-state index in [2.05, 4.69) is 6.92 Å². The van der Waals surface area contributed by atoms with Gasteiger partial charge in [-0.25, -0.2) is 4.79 Å². The standard InChI is InChI=1S/C17H32N2O5/c1-2-3-4-5-6-7-8-9-10-11-15(21)19(16(22)12-18)14(13-20)17(23)24/h14,20H,2-13,18H2,1H3,(H,23,24). The number of unbranched alkanes of at least 4 members (excludes halogenated alkanes) is 8. The van der Waals surface area contributed by atoms with E-state index >= 15 is 0 Å². The molecule has 0 heterocycles. The van der Waals surface area contributed by atoms with Gasteiger partial charge in [0, 0.05) is 6.42 Å². The van der Waals surface area contributed by atoms with Crippen molar-refractivity contribution in [1.82, 2.24) is 4.90 Å². The van der Waals surface area contributed by atoms with Gasteiger partial charge in [-0.1, -0.05) is 58.3 Å². The molecule has 0 bridgehead atoms. The summed E-state index contributed by atoms with van der Waals surface area (Å²) in [5.74, 6) is -2.79. The molecule has 0 fully saturated rings. The van der Waals surface area contributed by atoms with Gasteiger partial charge in [0.05, 0.1) is 13.2 Å². The number of hydrogen-bond acceptors (Lipinski definition) is 5. The lowest BCUT2D eigenvalue weighted by Crippen LogP contribution is -2.52. The van der Waals surface area contributed by atoms with E-state index in [0.29, 0.717) is 11.3 Å². The van der Waals surface area contributed by atoms with Crippen molar-refractivity contribution in [2.24, 2.45) is 5.73 Å². The maximum atomic E-state index is 12.1. The van der Waals surface area contributed by atoms with Crippen molar-refractivity contribution in [2.45, 2.75) is 77.2 Å². The molecule has 0 aromatic heterocycles. The van der Waals surface area contributed by atoms with Gasteiger partial charge in [0.25, 0.3) is 0 Å². The van der Waals surface area contributed by atoms with Crippen LogP contribution in [-0.4, -0.2) is 52.1 Å². The number of rotatable bonds is 14. The maximum absolute atomic E-state index is 12.1. The van der Waals surface area contributed by atoms with E-state index in [1.807, 2.05) is 0 Å². The third-order valence-electron chi connectivity index (χ3n) is 3.98. The van der Waals surface area contributed by atoms with E-state index in [9.17, 15) is 14.4 Å². The van der Waals surface area contributed by atoms with E-state index in [4.69, 9.17) is 15.9 Å². The number of nitrogens with zero attached hydrogens (tertiary/aromatic N) is 1. The Morgan fingerprint density at radius 2 is 1.42 bits per heavy atom. The van der Waals surface area contributed by atoms with Crippen LogP contribution in [0.2, 0.25) is 0 Å². The highest BCUT2D eigenvalue weighted by molar-refractivity contribution is 6.00. The Bertz CT molecular complexity index is 387. The van der Waals surface area contributed by atoms with Crippen LogP contribution in [0.25, 0.3) is 0 Å². The number of aliphatic hydroxyl groups excluding tert-OH is 1. The molecule has 1 atom stereocenters. The van der Waals surface area contributed by atoms with Crippen LogP contribution in [0.4, 0.5) is 0 Å². The van der Waals surface area contributed by atoms with Gasteiger partial charge in [0.1, 0.15) is 0 Å². The van der Waals surface area contributed by atoms with Crippen molar-refractivity contribution in [1.29, 1.82) is 0 Å². The number of hydrogen-bond donors (Lipinski definition) is 3. The second-order valence-corrected chi connectivity index (χ2v) is 5.98. The summed E-state index contributed by atoms with van der Waals surface area (Å²) in [6.45, 7) is 0.902. The number of imide groups is 1. The van der Waals surface area contributed by atoms with Gasteiger partial charge >= 0.3 is 5.97 Å². The molecule has 0 spiro atoms. The van der Waals surface area contributed by atoms with E-state index in [1.165, 1.54) is 32.1 Å². The Balaban J connectivity index is 4.16. The molecule has 24 heavy (non-hydrogen) atoms. The molecular formula is C17H32N2O5. The highest BCUT2D eigenvalue weighted by Gasteiger charge is 2.33. The molecule has 0 aliphatic carbocycles. The lowest BCUT2D eigenvalue weighted by Gasteiger charge is -2.25. The summed E-state index contributed by atoms with van der Waals surface area (Å²) >= 11 is 0. The first kappa shape index (κ1) is 22.5. The minimum absolute atomic E-state index is 0.0886. The molecular weight excluding hydrogens is 312 g/mol.